The van der Waals surface area contributed by atoms with Gasteiger partial charge in [0.15, 0.2) is 0 Å². The summed E-state index contributed by atoms with van der Waals surface area (Å²) < 4.78 is 35.9. The van der Waals surface area contributed by atoms with Crippen LogP contribution in [0.1, 0.15) is 49.9 Å². The number of esters is 1. The maximum absolute atomic E-state index is 13.0. The number of nitrogens with one attached hydrogen (secondary N) is 1. The number of carbonyl (C=O) groups excluding carboxylic acids is 1. The van der Waals surface area contributed by atoms with Gasteiger partial charge < -0.3 is 15.8 Å². The molecule has 0 saturated heterocycles. The largest absolute Gasteiger partial charge is 0.459 e. The fourth-order valence-electron chi connectivity index (χ4n) is 4.50. The SMILES string of the molecule is Cc1ccccc1S(=O)(=O)OCCc1ccc(Nc2ncc(C#N)c(-c3ccc(C(C)(CN)C(=O)OC(C)(C)C)cc3)n2)cc1. The number of aryl methyl sites for hydroxylation is 1. The number of nitriles is 1. The Hall–Kier alpha value is -4.63. The minimum Gasteiger partial charge on any atom is -0.459 e. The number of hydrogen-bond donors (Lipinski definition) is 2. The van der Waals surface area contributed by atoms with Crippen molar-refractivity contribution in [1.29, 1.82) is 5.26 Å². The first kappa shape index (κ1) is 33.3. The molecule has 1 atom stereocenters. The van der Waals surface area contributed by atoms with Crippen molar-refractivity contribution >= 4 is 27.7 Å². The summed E-state index contributed by atoms with van der Waals surface area (Å²) in [6.07, 6.45) is 1.85. The molecule has 3 N–H and O–H groups in total. The van der Waals surface area contributed by atoms with E-state index in [1.165, 1.54) is 12.3 Å². The van der Waals surface area contributed by atoms with Gasteiger partial charge in [-0.05, 0) is 75.9 Å². The average molecular weight is 628 g/mol. The lowest BCUT2D eigenvalue weighted by Gasteiger charge is -2.31. The highest BCUT2D eigenvalue weighted by Gasteiger charge is 2.37. The van der Waals surface area contributed by atoms with Crippen molar-refractivity contribution in [3.63, 3.8) is 0 Å². The Balaban J connectivity index is 1.45. The van der Waals surface area contributed by atoms with E-state index in [1.54, 1.807) is 56.3 Å². The molecule has 45 heavy (non-hydrogen) atoms. The van der Waals surface area contributed by atoms with E-state index in [4.69, 9.17) is 14.7 Å². The van der Waals surface area contributed by atoms with Crippen LogP contribution in [-0.2, 0) is 35.7 Å². The predicted molar refractivity (Wildman–Crippen MR) is 172 cm³/mol. The number of carbonyl (C=O) groups is 1. The first-order valence-electron chi connectivity index (χ1n) is 14.4. The van der Waals surface area contributed by atoms with Crippen molar-refractivity contribution in [2.24, 2.45) is 5.73 Å². The van der Waals surface area contributed by atoms with Crippen LogP contribution in [0, 0.1) is 18.3 Å². The highest BCUT2D eigenvalue weighted by atomic mass is 32.2. The molecule has 4 aromatic rings. The van der Waals surface area contributed by atoms with Crippen LogP contribution in [0.25, 0.3) is 11.3 Å². The predicted octanol–water partition coefficient (Wildman–Crippen LogP) is 5.57. The number of ether oxygens (including phenoxy) is 1. The van der Waals surface area contributed by atoms with E-state index < -0.39 is 27.1 Å². The second kappa shape index (κ2) is 13.6. The standard InChI is InChI=1S/C34H37N5O5S/c1-23-8-6-7-9-29(23)45(41,42)43-19-18-24-10-16-28(17-11-24)38-32-37-21-26(20-35)30(39-32)25-12-14-27(15-13-25)34(5,22-36)31(40)44-33(2,3)4/h6-17,21H,18-19,22,36H2,1-5H3,(H,37,38,39). The third kappa shape index (κ3) is 8.10. The van der Waals surface area contributed by atoms with E-state index in [9.17, 15) is 18.5 Å². The zero-order valence-electron chi connectivity index (χ0n) is 26.0. The topological polar surface area (TPSA) is 157 Å². The Morgan fingerprint density at radius 2 is 1.67 bits per heavy atom. The molecule has 0 bridgehead atoms. The van der Waals surface area contributed by atoms with Crippen LogP contribution in [0.2, 0.25) is 0 Å². The molecule has 1 unspecified atom stereocenters. The normalized spacial score (nSPS) is 13.0. The number of nitrogens with zero attached hydrogens (tertiary/aromatic N) is 3. The summed E-state index contributed by atoms with van der Waals surface area (Å²) in [5, 5.41) is 12.9. The molecule has 0 amide bonds. The van der Waals surface area contributed by atoms with Gasteiger partial charge in [0.05, 0.1) is 29.0 Å². The van der Waals surface area contributed by atoms with E-state index in [2.05, 4.69) is 21.4 Å². The van der Waals surface area contributed by atoms with Crippen molar-refractivity contribution < 1.29 is 22.1 Å². The third-order valence-electron chi connectivity index (χ3n) is 7.16. The van der Waals surface area contributed by atoms with Crippen LogP contribution in [-0.4, -0.2) is 43.1 Å². The van der Waals surface area contributed by atoms with Crippen molar-refractivity contribution in [3.05, 3.63) is 101 Å². The molecule has 0 spiro atoms. The van der Waals surface area contributed by atoms with Crippen LogP contribution in [0.5, 0.6) is 0 Å². The molecular weight excluding hydrogens is 590 g/mol. The highest BCUT2D eigenvalue weighted by molar-refractivity contribution is 7.86. The van der Waals surface area contributed by atoms with E-state index in [1.807, 2.05) is 45.0 Å². The smallest absolute Gasteiger partial charge is 0.318 e. The molecule has 0 aliphatic carbocycles. The van der Waals surface area contributed by atoms with Crippen LogP contribution in [0.4, 0.5) is 11.6 Å². The van der Waals surface area contributed by atoms with Gasteiger partial charge in [-0.15, -0.1) is 0 Å². The molecule has 11 heteroatoms. The van der Waals surface area contributed by atoms with Crippen LogP contribution >= 0.6 is 0 Å². The minimum absolute atomic E-state index is 0.00648. The molecule has 4 rings (SSSR count). The molecule has 0 radical (unpaired) electrons. The van der Waals surface area contributed by atoms with Gasteiger partial charge in [-0.1, -0.05) is 54.6 Å². The molecular formula is C34H37N5O5S. The van der Waals surface area contributed by atoms with E-state index in [0.29, 0.717) is 34.5 Å². The summed E-state index contributed by atoms with van der Waals surface area (Å²) in [6, 6.07) is 23.3. The minimum atomic E-state index is -3.84. The molecule has 1 heterocycles. The zero-order chi connectivity index (χ0) is 32.8. The summed E-state index contributed by atoms with van der Waals surface area (Å²) in [5.74, 6) is -0.128. The molecule has 0 aliphatic rings. The van der Waals surface area contributed by atoms with E-state index in [0.717, 1.165) is 5.56 Å². The Morgan fingerprint density at radius 1 is 1.00 bits per heavy atom. The van der Waals surface area contributed by atoms with Crippen LogP contribution in [0.3, 0.4) is 0 Å². The molecule has 0 saturated carbocycles. The first-order chi connectivity index (χ1) is 21.3. The Morgan fingerprint density at radius 3 is 2.27 bits per heavy atom. The summed E-state index contributed by atoms with van der Waals surface area (Å²) in [6.45, 7) is 8.96. The number of benzene rings is 3. The number of hydrogen-bond acceptors (Lipinski definition) is 10. The molecule has 0 aliphatic heterocycles. The van der Waals surface area contributed by atoms with Crippen molar-refractivity contribution in [3.8, 4) is 17.3 Å². The monoisotopic (exact) mass is 627 g/mol. The molecule has 234 valence electrons. The second-order valence-corrected chi connectivity index (χ2v) is 13.4. The van der Waals surface area contributed by atoms with Crippen LogP contribution in [0.15, 0.2) is 83.9 Å². The van der Waals surface area contributed by atoms with E-state index >= 15 is 0 Å². The Bertz CT molecular complexity index is 1810. The van der Waals surface area contributed by atoms with Crippen LogP contribution < -0.4 is 11.1 Å². The summed E-state index contributed by atoms with van der Waals surface area (Å²) >= 11 is 0. The maximum Gasteiger partial charge on any atom is 0.318 e. The molecule has 0 fully saturated rings. The molecule has 10 nitrogen and oxygen atoms in total. The lowest BCUT2D eigenvalue weighted by atomic mass is 9.82. The van der Waals surface area contributed by atoms with Gasteiger partial charge in [0.25, 0.3) is 10.1 Å². The van der Waals surface area contributed by atoms with Gasteiger partial charge in [-0.25, -0.2) is 9.97 Å². The van der Waals surface area contributed by atoms with Crippen molar-refractivity contribution in [1.82, 2.24) is 9.97 Å². The lowest BCUT2D eigenvalue weighted by Crippen LogP contribution is -2.44. The molecule has 1 aromatic heterocycles. The quantitative estimate of drug-likeness (QED) is 0.159. The fraction of sp³-hybridized carbons (Fsp3) is 0.294. The summed E-state index contributed by atoms with van der Waals surface area (Å²) in [4.78, 5) is 22.0. The number of anilines is 2. The van der Waals surface area contributed by atoms with Gasteiger partial charge in [-0.3, -0.25) is 8.98 Å². The van der Waals surface area contributed by atoms with Crippen molar-refractivity contribution in [2.75, 3.05) is 18.5 Å². The van der Waals surface area contributed by atoms with Gasteiger partial charge in [-0.2, -0.15) is 13.7 Å². The van der Waals surface area contributed by atoms with Gasteiger partial charge in [0, 0.05) is 17.8 Å². The highest BCUT2D eigenvalue weighted by Crippen LogP contribution is 2.30. The third-order valence-corrected chi connectivity index (χ3v) is 8.64. The summed E-state index contributed by atoms with van der Waals surface area (Å²) in [5.41, 5.74) is 8.61. The average Bonchev–Trinajstić information content (AvgIpc) is 3.00. The van der Waals surface area contributed by atoms with Crippen molar-refractivity contribution in [2.45, 2.75) is 57.0 Å². The first-order valence-corrected chi connectivity index (χ1v) is 15.8. The Kier molecular flexibility index (Phi) is 10.0. The summed E-state index contributed by atoms with van der Waals surface area (Å²) in [7, 11) is -3.84. The van der Waals surface area contributed by atoms with E-state index in [-0.39, 0.29) is 29.6 Å². The maximum atomic E-state index is 13.0. The lowest BCUT2D eigenvalue weighted by molar-refractivity contribution is -0.161. The number of aromatic nitrogens is 2. The number of nitrogens with two attached hydrogens (primary N) is 1. The fourth-order valence-corrected chi connectivity index (χ4v) is 5.64. The Labute approximate surface area is 264 Å². The van der Waals surface area contributed by atoms with Gasteiger partial charge in [0.2, 0.25) is 5.95 Å². The van der Waals surface area contributed by atoms with Gasteiger partial charge >= 0.3 is 5.97 Å². The van der Waals surface area contributed by atoms with Gasteiger partial charge in [0.1, 0.15) is 17.1 Å². The number of rotatable bonds is 11. The molecule has 3 aromatic carbocycles. The zero-order valence-corrected chi connectivity index (χ0v) is 26.8. The second-order valence-electron chi connectivity index (χ2n) is 11.8.